The van der Waals surface area contributed by atoms with Crippen molar-refractivity contribution in [3.05, 3.63) is 17.7 Å². The number of amides is 1. The number of halogens is 1. The van der Waals surface area contributed by atoms with E-state index >= 15 is 0 Å². The zero-order valence-corrected chi connectivity index (χ0v) is 9.64. The highest BCUT2D eigenvalue weighted by molar-refractivity contribution is 5.92. The number of rotatable bonds is 0. The lowest BCUT2D eigenvalue weighted by atomic mass is 9.92. The molecule has 1 spiro atoms. The maximum atomic E-state index is 11.5. The van der Waals surface area contributed by atoms with Gasteiger partial charge in [0.2, 0.25) is 5.91 Å². The van der Waals surface area contributed by atoms with E-state index in [1.807, 2.05) is 12.1 Å². The second kappa shape index (κ2) is 3.63. The van der Waals surface area contributed by atoms with Gasteiger partial charge in [0.25, 0.3) is 0 Å². The van der Waals surface area contributed by atoms with Crippen LogP contribution in [0.15, 0.2) is 12.1 Å². The minimum atomic E-state index is 0. The molecule has 16 heavy (non-hydrogen) atoms. The molecule has 0 unspecified atom stereocenters. The number of hydrogen-bond donors (Lipinski definition) is 2. The number of nitrogen functional groups attached to an aromatic ring is 1. The Labute approximate surface area is 100 Å². The number of nitrogens with zero attached hydrogens (tertiary/aromatic N) is 1. The fraction of sp³-hybridized carbons (Fsp3) is 0.455. The van der Waals surface area contributed by atoms with Gasteiger partial charge in [-0.3, -0.25) is 4.79 Å². The highest BCUT2D eigenvalue weighted by Crippen LogP contribution is 2.54. The van der Waals surface area contributed by atoms with Crippen LogP contribution in [-0.4, -0.2) is 10.9 Å². The van der Waals surface area contributed by atoms with Crippen LogP contribution in [0.4, 0.5) is 11.6 Å². The molecule has 1 aliphatic heterocycles. The van der Waals surface area contributed by atoms with E-state index in [9.17, 15) is 4.79 Å². The number of pyridine rings is 1. The van der Waals surface area contributed by atoms with Crippen LogP contribution in [0.1, 0.15) is 31.2 Å². The number of hydrogen-bond acceptors (Lipinski definition) is 3. The molecule has 2 aliphatic rings. The summed E-state index contributed by atoms with van der Waals surface area (Å²) in [5.74, 6) is 1.19. The number of carbonyl (C=O) groups is 1. The lowest BCUT2D eigenvalue weighted by molar-refractivity contribution is -0.116. The summed E-state index contributed by atoms with van der Waals surface area (Å²) in [6.45, 7) is 0. The smallest absolute Gasteiger partial charge is 0.225 e. The van der Waals surface area contributed by atoms with Crippen LogP contribution >= 0.6 is 12.4 Å². The van der Waals surface area contributed by atoms with E-state index in [4.69, 9.17) is 5.73 Å². The van der Waals surface area contributed by atoms with E-state index in [1.54, 1.807) is 0 Å². The van der Waals surface area contributed by atoms with Crippen LogP contribution in [0.2, 0.25) is 0 Å². The van der Waals surface area contributed by atoms with E-state index in [0.717, 1.165) is 6.42 Å². The summed E-state index contributed by atoms with van der Waals surface area (Å²) in [6.07, 6.45) is 3.87. The second-order valence-electron chi connectivity index (χ2n) is 4.46. The third-order valence-corrected chi connectivity index (χ3v) is 3.43. The molecular weight excluding hydrogens is 226 g/mol. The third kappa shape index (κ3) is 1.63. The van der Waals surface area contributed by atoms with Gasteiger partial charge in [0, 0.05) is 12.0 Å². The van der Waals surface area contributed by atoms with E-state index in [1.165, 1.54) is 18.4 Å². The summed E-state index contributed by atoms with van der Waals surface area (Å²) in [5, 5.41) is 2.83. The Bertz CT molecular complexity index is 443. The Balaban J connectivity index is 0.000000963. The molecule has 2 heterocycles. The van der Waals surface area contributed by atoms with Crippen molar-refractivity contribution in [3.8, 4) is 0 Å². The first-order valence-corrected chi connectivity index (χ1v) is 5.26. The normalized spacial score (nSPS) is 20.4. The maximum Gasteiger partial charge on any atom is 0.225 e. The van der Waals surface area contributed by atoms with Gasteiger partial charge in [-0.15, -0.1) is 12.4 Å². The molecule has 86 valence electrons. The molecule has 1 aromatic heterocycles. The molecule has 0 radical (unpaired) electrons. The van der Waals surface area contributed by atoms with Gasteiger partial charge in [-0.25, -0.2) is 4.98 Å². The number of nitrogens with two attached hydrogens (primary N) is 1. The number of carbonyl (C=O) groups excluding carboxylic acids is 1. The van der Waals surface area contributed by atoms with Crippen LogP contribution in [0.3, 0.4) is 0 Å². The largest absolute Gasteiger partial charge is 0.384 e. The molecule has 1 amide bonds. The van der Waals surface area contributed by atoms with Crippen molar-refractivity contribution in [1.29, 1.82) is 0 Å². The van der Waals surface area contributed by atoms with Crippen molar-refractivity contribution >= 4 is 29.9 Å². The lowest BCUT2D eigenvalue weighted by Crippen LogP contribution is -2.11. The minimum absolute atomic E-state index is 0. The van der Waals surface area contributed by atoms with Crippen LogP contribution in [-0.2, 0) is 10.2 Å². The van der Waals surface area contributed by atoms with E-state index < -0.39 is 0 Å². The zero-order valence-electron chi connectivity index (χ0n) is 8.82. The molecule has 0 aromatic carbocycles. The van der Waals surface area contributed by atoms with Gasteiger partial charge >= 0.3 is 0 Å². The fourth-order valence-electron chi connectivity index (χ4n) is 2.35. The number of anilines is 2. The Morgan fingerprint density at radius 3 is 2.75 bits per heavy atom. The topological polar surface area (TPSA) is 68.0 Å². The Morgan fingerprint density at radius 2 is 2.06 bits per heavy atom. The average molecular weight is 240 g/mol. The average Bonchev–Trinajstić information content (AvgIpc) is 2.97. The molecule has 1 saturated carbocycles. The zero-order chi connectivity index (χ0) is 10.5. The van der Waals surface area contributed by atoms with Crippen molar-refractivity contribution in [2.45, 2.75) is 31.1 Å². The van der Waals surface area contributed by atoms with Crippen molar-refractivity contribution in [3.63, 3.8) is 0 Å². The second-order valence-corrected chi connectivity index (χ2v) is 4.46. The van der Waals surface area contributed by atoms with E-state index in [0.29, 0.717) is 18.1 Å². The molecule has 3 N–H and O–H groups in total. The molecule has 1 aromatic rings. The van der Waals surface area contributed by atoms with E-state index in [2.05, 4.69) is 10.3 Å². The van der Waals surface area contributed by atoms with Crippen molar-refractivity contribution in [2.75, 3.05) is 11.1 Å². The minimum Gasteiger partial charge on any atom is -0.384 e. The van der Waals surface area contributed by atoms with Crippen molar-refractivity contribution in [2.24, 2.45) is 0 Å². The summed E-state index contributed by atoms with van der Waals surface area (Å²) >= 11 is 0. The third-order valence-electron chi connectivity index (χ3n) is 3.43. The van der Waals surface area contributed by atoms with Crippen LogP contribution in [0.25, 0.3) is 0 Å². The van der Waals surface area contributed by atoms with Gasteiger partial charge in [0.05, 0.1) is 0 Å². The monoisotopic (exact) mass is 239 g/mol. The van der Waals surface area contributed by atoms with Crippen LogP contribution in [0, 0.1) is 0 Å². The highest BCUT2D eigenvalue weighted by atomic mass is 35.5. The summed E-state index contributed by atoms with van der Waals surface area (Å²) in [5.41, 5.74) is 7.01. The molecule has 0 atom stereocenters. The summed E-state index contributed by atoms with van der Waals surface area (Å²) < 4.78 is 0. The molecule has 4 nitrogen and oxygen atoms in total. The Hall–Kier alpha value is -1.29. The Kier molecular flexibility index (Phi) is 2.54. The number of aromatic nitrogens is 1. The molecule has 1 aliphatic carbocycles. The molecule has 0 bridgehead atoms. The predicted molar refractivity (Wildman–Crippen MR) is 64.7 cm³/mol. The van der Waals surface area contributed by atoms with Crippen molar-refractivity contribution < 1.29 is 4.79 Å². The first-order valence-electron chi connectivity index (χ1n) is 5.26. The summed E-state index contributed by atoms with van der Waals surface area (Å²) in [7, 11) is 0. The maximum absolute atomic E-state index is 11.5. The Morgan fingerprint density at radius 1 is 1.31 bits per heavy atom. The highest BCUT2D eigenvalue weighted by Gasteiger charge is 2.47. The number of fused-ring (bicyclic) bond motifs is 2. The predicted octanol–water partition coefficient (Wildman–Crippen LogP) is 1.85. The first kappa shape index (κ1) is 11.2. The van der Waals surface area contributed by atoms with Crippen LogP contribution < -0.4 is 11.1 Å². The van der Waals surface area contributed by atoms with Gasteiger partial charge in [-0.05, 0) is 30.7 Å². The standard InChI is InChI=1S/C11H13N3O.ClH/c12-8-2-1-7-10(13-8)14-9(15)3-4-11(7)5-6-11;/h1-2H,3-6H2,(H3,12,13,14,15);1H. The molecule has 1 fully saturated rings. The van der Waals surface area contributed by atoms with Gasteiger partial charge < -0.3 is 11.1 Å². The van der Waals surface area contributed by atoms with Gasteiger partial charge in [0.15, 0.2) is 0 Å². The summed E-state index contributed by atoms with van der Waals surface area (Å²) in [6, 6.07) is 3.83. The fourth-order valence-corrected chi connectivity index (χ4v) is 2.35. The van der Waals surface area contributed by atoms with Gasteiger partial charge in [0.1, 0.15) is 11.6 Å². The SMILES string of the molecule is Cl.Nc1ccc2c(n1)NC(=O)CCC21CC1. The van der Waals surface area contributed by atoms with Crippen LogP contribution in [0.5, 0.6) is 0 Å². The van der Waals surface area contributed by atoms with Crippen molar-refractivity contribution in [1.82, 2.24) is 4.98 Å². The lowest BCUT2D eigenvalue weighted by Gasteiger charge is -2.14. The number of nitrogens with one attached hydrogen (secondary N) is 1. The molecule has 0 saturated heterocycles. The molecular formula is C11H14ClN3O. The molecule has 5 heteroatoms. The quantitative estimate of drug-likeness (QED) is 0.726. The van der Waals surface area contributed by atoms with Gasteiger partial charge in [-0.2, -0.15) is 0 Å². The summed E-state index contributed by atoms with van der Waals surface area (Å²) in [4.78, 5) is 15.7. The van der Waals surface area contributed by atoms with E-state index in [-0.39, 0.29) is 23.7 Å². The first-order chi connectivity index (χ1) is 7.20. The molecule has 3 rings (SSSR count). The van der Waals surface area contributed by atoms with Gasteiger partial charge in [-0.1, -0.05) is 6.07 Å².